The molecule has 0 N–H and O–H groups in total. The molecule has 0 aliphatic carbocycles. The number of ether oxygens (including phenoxy) is 2. The van der Waals surface area contributed by atoms with Gasteiger partial charge in [0, 0.05) is 0 Å². The number of benzene rings is 1. The summed E-state index contributed by atoms with van der Waals surface area (Å²) in [7, 11) is 1.15. The third kappa shape index (κ3) is 2.23. The van der Waals surface area contributed by atoms with Crippen molar-refractivity contribution in [2.45, 2.75) is 6.92 Å². The van der Waals surface area contributed by atoms with Gasteiger partial charge in [-0.1, -0.05) is 0 Å². The van der Waals surface area contributed by atoms with Gasteiger partial charge >= 0.3 is 5.97 Å². The molecule has 0 atom stereocenters. The van der Waals surface area contributed by atoms with E-state index in [1.54, 1.807) is 6.92 Å². The highest BCUT2D eigenvalue weighted by Crippen LogP contribution is 2.25. The third-order valence-corrected chi connectivity index (χ3v) is 1.75. The van der Waals surface area contributed by atoms with Crippen LogP contribution in [0.2, 0.25) is 0 Å². The molecule has 0 spiro atoms. The van der Waals surface area contributed by atoms with Crippen molar-refractivity contribution in [1.29, 1.82) is 0 Å². The van der Waals surface area contributed by atoms with E-state index < -0.39 is 23.4 Å². The third-order valence-electron chi connectivity index (χ3n) is 1.75. The number of hydrogen-bond donors (Lipinski definition) is 0. The molecular weight excluding hydrogens is 206 g/mol. The first-order valence-electron chi connectivity index (χ1n) is 4.31. The largest absolute Gasteiger partial charge is 0.493 e. The smallest absolute Gasteiger partial charge is 0.342 e. The molecule has 0 heterocycles. The van der Waals surface area contributed by atoms with E-state index in [0.717, 1.165) is 19.2 Å². The lowest BCUT2D eigenvalue weighted by Gasteiger charge is -2.08. The van der Waals surface area contributed by atoms with Crippen LogP contribution in [-0.4, -0.2) is 19.7 Å². The average Bonchev–Trinajstić information content (AvgIpc) is 2.22. The van der Waals surface area contributed by atoms with Gasteiger partial charge in [0.25, 0.3) is 0 Å². The fourth-order valence-electron chi connectivity index (χ4n) is 1.10. The van der Waals surface area contributed by atoms with Gasteiger partial charge in [0.1, 0.15) is 5.56 Å². The SMILES string of the molecule is CCOC(=O)c1ccc(F)c(F)c1OC. The molecule has 0 amide bonds. The summed E-state index contributed by atoms with van der Waals surface area (Å²) >= 11 is 0. The minimum absolute atomic E-state index is 0.127. The van der Waals surface area contributed by atoms with Crippen LogP contribution < -0.4 is 4.74 Å². The highest BCUT2D eigenvalue weighted by Gasteiger charge is 2.20. The van der Waals surface area contributed by atoms with Crippen LogP contribution in [0.4, 0.5) is 8.78 Å². The predicted octanol–water partition coefficient (Wildman–Crippen LogP) is 2.15. The molecule has 1 aromatic rings. The lowest BCUT2D eigenvalue weighted by atomic mass is 10.2. The number of carbonyl (C=O) groups excluding carboxylic acids is 1. The summed E-state index contributed by atoms with van der Waals surface area (Å²) in [6.07, 6.45) is 0. The summed E-state index contributed by atoms with van der Waals surface area (Å²) in [6.45, 7) is 1.77. The van der Waals surface area contributed by atoms with E-state index in [1.165, 1.54) is 0 Å². The summed E-state index contributed by atoms with van der Waals surface area (Å²) in [6, 6.07) is 1.97. The van der Waals surface area contributed by atoms with E-state index in [1.807, 2.05) is 0 Å². The van der Waals surface area contributed by atoms with Gasteiger partial charge in [0.05, 0.1) is 13.7 Å². The number of rotatable bonds is 3. The second-order valence-corrected chi connectivity index (χ2v) is 2.66. The molecule has 1 rings (SSSR count). The van der Waals surface area contributed by atoms with Crippen molar-refractivity contribution in [2.75, 3.05) is 13.7 Å². The van der Waals surface area contributed by atoms with Crippen molar-refractivity contribution in [3.63, 3.8) is 0 Å². The Morgan fingerprint density at radius 1 is 1.40 bits per heavy atom. The van der Waals surface area contributed by atoms with Crippen LogP contribution >= 0.6 is 0 Å². The Bertz CT molecular complexity index is 377. The van der Waals surface area contributed by atoms with Crippen molar-refractivity contribution in [3.05, 3.63) is 29.3 Å². The zero-order chi connectivity index (χ0) is 11.4. The van der Waals surface area contributed by atoms with Gasteiger partial charge in [-0.15, -0.1) is 0 Å². The Hall–Kier alpha value is -1.65. The lowest BCUT2D eigenvalue weighted by molar-refractivity contribution is 0.0521. The lowest BCUT2D eigenvalue weighted by Crippen LogP contribution is -2.08. The minimum Gasteiger partial charge on any atom is -0.493 e. The minimum atomic E-state index is -1.19. The van der Waals surface area contributed by atoms with Crippen molar-refractivity contribution in [2.24, 2.45) is 0 Å². The van der Waals surface area contributed by atoms with Crippen molar-refractivity contribution in [3.8, 4) is 5.75 Å². The fourth-order valence-corrected chi connectivity index (χ4v) is 1.10. The molecular formula is C10H10F2O3. The van der Waals surface area contributed by atoms with Gasteiger partial charge in [-0.3, -0.25) is 0 Å². The molecule has 0 aliphatic rings. The van der Waals surface area contributed by atoms with Crippen LogP contribution in [0.3, 0.4) is 0 Å². The van der Waals surface area contributed by atoms with Crippen molar-refractivity contribution < 1.29 is 23.0 Å². The van der Waals surface area contributed by atoms with Crippen LogP contribution in [-0.2, 0) is 4.74 Å². The fraction of sp³-hybridized carbons (Fsp3) is 0.300. The van der Waals surface area contributed by atoms with Crippen LogP contribution in [0.25, 0.3) is 0 Å². The maximum absolute atomic E-state index is 13.2. The van der Waals surface area contributed by atoms with Gasteiger partial charge in [-0.05, 0) is 19.1 Å². The molecule has 1 aromatic carbocycles. The summed E-state index contributed by atoms with van der Waals surface area (Å²) in [5.41, 5.74) is -0.127. The van der Waals surface area contributed by atoms with Gasteiger partial charge in [0.15, 0.2) is 11.6 Å². The molecule has 0 radical (unpaired) electrons. The quantitative estimate of drug-likeness (QED) is 0.726. The molecule has 15 heavy (non-hydrogen) atoms. The number of esters is 1. The standard InChI is InChI=1S/C10H10F2O3/c1-3-15-10(13)6-4-5-7(11)8(12)9(6)14-2/h4-5H,3H2,1-2H3. The Labute approximate surface area is 85.6 Å². The predicted molar refractivity (Wildman–Crippen MR) is 48.9 cm³/mol. The monoisotopic (exact) mass is 216 g/mol. The van der Waals surface area contributed by atoms with E-state index >= 15 is 0 Å². The zero-order valence-corrected chi connectivity index (χ0v) is 8.34. The Kier molecular flexibility index (Phi) is 3.60. The Balaban J connectivity index is 3.18. The molecule has 0 saturated carbocycles. The Morgan fingerprint density at radius 2 is 2.07 bits per heavy atom. The van der Waals surface area contributed by atoms with E-state index in [2.05, 4.69) is 9.47 Å². The number of carbonyl (C=O) groups is 1. The molecule has 0 saturated heterocycles. The first kappa shape index (κ1) is 11.4. The molecule has 0 aliphatic heterocycles. The highest BCUT2D eigenvalue weighted by atomic mass is 19.2. The van der Waals surface area contributed by atoms with Gasteiger partial charge in [-0.2, -0.15) is 4.39 Å². The van der Waals surface area contributed by atoms with Crippen LogP contribution in [0, 0.1) is 11.6 Å². The second kappa shape index (κ2) is 4.72. The maximum Gasteiger partial charge on any atom is 0.342 e. The number of methoxy groups -OCH3 is 1. The topological polar surface area (TPSA) is 35.5 Å². The second-order valence-electron chi connectivity index (χ2n) is 2.66. The summed E-state index contributed by atoms with van der Waals surface area (Å²) < 4.78 is 35.2. The normalized spacial score (nSPS) is 9.87. The molecule has 0 bridgehead atoms. The van der Waals surface area contributed by atoms with E-state index in [-0.39, 0.29) is 12.2 Å². The van der Waals surface area contributed by atoms with E-state index in [4.69, 9.17) is 0 Å². The molecule has 3 nitrogen and oxygen atoms in total. The molecule has 0 aromatic heterocycles. The van der Waals surface area contributed by atoms with Gasteiger partial charge < -0.3 is 9.47 Å². The number of hydrogen-bond acceptors (Lipinski definition) is 3. The van der Waals surface area contributed by atoms with Gasteiger partial charge in [-0.25, -0.2) is 9.18 Å². The molecule has 0 unspecified atom stereocenters. The summed E-state index contributed by atoms with van der Waals surface area (Å²) in [4.78, 5) is 11.3. The molecule has 82 valence electrons. The Morgan fingerprint density at radius 3 is 2.60 bits per heavy atom. The number of halogens is 2. The van der Waals surface area contributed by atoms with Crippen molar-refractivity contribution in [1.82, 2.24) is 0 Å². The van der Waals surface area contributed by atoms with E-state index in [9.17, 15) is 13.6 Å². The summed E-state index contributed by atoms with van der Waals surface area (Å²) in [5, 5.41) is 0. The first-order chi connectivity index (χ1) is 7.11. The van der Waals surface area contributed by atoms with Crippen molar-refractivity contribution >= 4 is 5.97 Å². The first-order valence-corrected chi connectivity index (χ1v) is 4.31. The van der Waals surface area contributed by atoms with Gasteiger partial charge in [0.2, 0.25) is 5.82 Å². The zero-order valence-electron chi connectivity index (χ0n) is 8.34. The maximum atomic E-state index is 13.2. The van der Waals surface area contributed by atoms with Crippen LogP contribution in [0.5, 0.6) is 5.75 Å². The summed E-state index contributed by atoms with van der Waals surface area (Å²) in [5.74, 6) is -3.44. The molecule has 5 heteroatoms. The van der Waals surface area contributed by atoms with E-state index in [0.29, 0.717) is 0 Å². The van der Waals surface area contributed by atoms with Crippen LogP contribution in [0.15, 0.2) is 12.1 Å². The average molecular weight is 216 g/mol. The highest BCUT2D eigenvalue weighted by molar-refractivity contribution is 5.92. The molecule has 0 fully saturated rings. The van der Waals surface area contributed by atoms with Crippen LogP contribution in [0.1, 0.15) is 17.3 Å².